The van der Waals surface area contributed by atoms with Crippen molar-refractivity contribution in [2.75, 3.05) is 0 Å². The van der Waals surface area contributed by atoms with Crippen molar-refractivity contribution < 1.29 is 14.7 Å². The Morgan fingerprint density at radius 3 is 2.55 bits per heavy atom. The molecule has 2 rings (SSSR count). The predicted molar refractivity (Wildman–Crippen MR) is 75.1 cm³/mol. The monoisotopic (exact) mass is 276 g/mol. The number of hydrogen-bond acceptors (Lipinski definition) is 3. The zero-order chi connectivity index (χ0) is 14.9. The molecule has 5 heteroatoms. The fourth-order valence-corrected chi connectivity index (χ4v) is 2.77. The van der Waals surface area contributed by atoms with Gasteiger partial charge in [0.1, 0.15) is 6.04 Å². The second kappa shape index (κ2) is 5.25. The van der Waals surface area contributed by atoms with E-state index in [-0.39, 0.29) is 11.9 Å². The van der Waals surface area contributed by atoms with Crippen LogP contribution in [0.4, 0.5) is 0 Å². The summed E-state index contributed by atoms with van der Waals surface area (Å²) >= 11 is 0. The van der Waals surface area contributed by atoms with Crippen LogP contribution in [0, 0.1) is 0 Å². The summed E-state index contributed by atoms with van der Waals surface area (Å²) in [5.41, 5.74) is 0.396. The highest BCUT2D eigenvalue weighted by Gasteiger charge is 2.47. The molecule has 1 heterocycles. The maximum absolute atomic E-state index is 12.5. The summed E-state index contributed by atoms with van der Waals surface area (Å²) in [7, 11) is 0. The Labute approximate surface area is 118 Å². The van der Waals surface area contributed by atoms with Crippen LogP contribution in [0.5, 0.6) is 0 Å². The second-order valence-corrected chi connectivity index (χ2v) is 5.67. The molecule has 0 spiro atoms. The number of carboxylic acids is 1. The minimum absolute atomic E-state index is 0.159. The second-order valence-electron chi connectivity index (χ2n) is 5.67. The third-order valence-corrected chi connectivity index (χ3v) is 3.69. The molecule has 20 heavy (non-hydrogen) atoms. The van der Waals surface area contributed by atoms with Crippen LogP contribution < -0.4 is 5.32 Å². The first kappa shape index (κ1) is 14.5. The standard InChI is InChI=1S/C15H20N2O3/c1-10(14(19)20)17-13(18)12(16-15(17,2)3)9-11-7-5-4-6-8-11/h4-8,10,12,16H,9H2,1-3H3,(H,19,20). The van der Waals surface area contributed by atoms with Crippen molar-refractivity contribution in [1.82, 2.24) is 10.2 Å². The quantitative estimate of drug-likeness (QED) is 0.868. The fraction of sp³-hybridized carbons (Fsp3) is 0.467. The van der Waals surface area contributed by atoms with Crippen molar-refractivity contribution in [1.29, 1.82) is 0 Å². The SMILES string of the molecule is CC(C(=O)O)N1C(=O)C(Cc2ccccc2)NC1(C)C. The Hall–Kier alpha value is -1.88. The van der Waals surface area contributed by atoms with Gasteiger partial charge < -0.3 is 10.0 Å². The van der Waals surface area contributed by atoms with Gasteiger partial charge in [0, 0.05) is 0 Å². The van der Waals surface area contributed by atoms with E-state index in [4.69, 9.17) is 5.11 Å². The van der Waals surface area contributed by atoms with E-state index in [2.05, 4.69) is 5.32 Å². The third kappa shape index (κ3) is 2.67. The number of carbonyl (C=O) groups is 2. The summed E-state index contributed by atoms with van der Waals surface area (Å²) in [4.78, 5) is 25.1. The largest absolute Gasteiger partial charge is 0.480 e. The highest BCUT2D eigenvalue weighted by atomic mass is 16.4. The van der Waals surface area contributed by atoms with Gasteiger partial charge in [-0.05, 0) is 32.8 Å². The number of aliphatic carboxylic acids is 1. The molecule has 1 aliphatic heterocycles. The molecule has 5 nitrogen and oxygen atoms in total. The van der Waals surface area contributed by atoms with Crippen molar-refractivity contribution in [2.24, 2.45) is 0 Å². The Bertz CT molecular complexity index is 513. The number of carboxylic acid groups (broad SMARTS) is 1. The van der Waals surface area contributed by atoms with E-state index in [0.29, 0.717) is 6.42 Å². The number of nitrogens with one attached hydrogen (secondary N) is 1. The Morgan fingerprint density at radius 2 is 2.00 bits per heavy atom. The van der Waals surface area contributed by atoms with Gasteiger partial charge in [0.2, 0.25) is 5.91 Å². The van der Waals surface area contributed by atoms with E-state index in [0.717, 1.165) is 5.56 Å². The molecule has 1 aromatic rings. The number of benzene rings is 1. The predicted octanol–water partition coefficient (Wildman–Crippen LogP) is 1.24. The van der Waals surface area contributed by atoms with Crippen LogP contribution in [-0.4, -0.2) is 39.6 Å². The molecule has 108 valence electrons. The molecular weight excluding hydrogens is 256 g/mol. The first-order valence-corrected chi connectivity index (χ1v) is 6.70. The molecule has 1 amide bonds. The van der Waals surface area contributed by atoms with Crippen LogP contribution in [0.3, 0.4) is 0 Å². The van der Waals surface area contributed by atoms with Crippen LogP contribution in [0.15, 0.2) is 30.3 Å². The number of rotatable bonds is 4. The van der Waals surface area contributed by atoms with E-state index in [1.54, 1.807) is 0 Å². The summed E-state index contributed by atoms with van der Waals surface area (Å²) < 4.78 is 0. The lowest BCUT2D eigenvalue weighted by Gasteiger charge is -2.34. The zero-order valence-electron chi connectivity index (χ0n) is 12.0. The van der Waals surface area contributed by atoms with Gasteiger partial charge >= 0.3 is 5.97 Å². The first-order chi connectivity index (χ1) is 9.33. The topological polar surface area (TPSA) is 69.6 Å². The van der Waals surface area contributed by atoms with Crippen LogP contribution >= 0.6 is 0 Å². The van der Waals surface area contributed by atoms with Gasteiger partial charge in [0.05, 0.1) is 11.7 Å². The molecule has 1 aliphatic rings. The smallest absolute Gasteiger partial charge is 0.326 e. The van der Waals surface area contributed by atoms with Gasteiger partial charge in [-0.1, -0.05) is 30.3 Å². The van der Waals surface area contributed by atoms with Gasteiger partial charge in [-0.2, -0.15) is 0 Å². The van der Waals surface area contributed by atoms with Crippen molar-refractivity contribution in [3.8, 4) is 0 Å². The summed E-state index contributed by atoms with van der Waals surface area (Å²) in [6.07, 6.45) is 0.561. The van der Waals surface area contributed by atoms with Gasteiger partial charge in [-0.25, -0.2) is 4.79 Å². The van der Waals surface area contributed by atoms with Crippen molar-refractivity contribution >= 4 is 11.9 Å². The van der Waals surface area contributed by atoms with E-state index in [1.165, 1.54) is 11.8 Å². The van der Waals surface area contributed by atoms with Crippen LogP contribution in [-0.2, 0) is 16.0 Å². The van der Waals surface area contributed by atoms with Crippen molar-refractivity contribution in [3.63, 3.8) is 0 Å². The lowest BCUT2D eigenvalue weighted by atomic mass is 10.1. The highest BCUT2D eigenvalue weighted by molar-refractivity contribution is 5.89. The number of amides is 1. The summed E-state index contributed by atoms with van der Waals surface area (Å²) in [5, 5.41) is 12.4. The van der Waals surface area contributed by atoms with E-state index in [1.807, 2.05) is 44.2 Å². The van der Waals surface area contributed by atoms with Gasteiger partial charge in [0.25, 0.3) is 0 Å². The van der Waals surface area contributed by atoms with E-state index < -0.39 is 17.7 Å². The summed E-state index contributed by atoms with van der Waals surface area (Å²) in [6, 6.07) is 8.49. The molecule has 2 atom stereocenters. The zero-order valence-corrected chi connectivity index (χ0v) is 12.0. The molecular formula is C15H20N2O3. The van der Waals surface area contributed by atoms with E-state index in [9.17, 15) is 9.59 Å². The minimum Gasteiger partial charge on any atom is -0.480 e. The average Bonchev–Trinajstić information content (AvgIpc) is 2.59. The lowest BCUT2D eigenvalue weighted by molar-refractivity contribution is -0.151. The van der Waals surface area contributed by atoms with Gasteiger partial charge in [-0.3, -0.25) is 10.1 Å². The number of nitrogens with zero attached hydrogens (tertiary/aromatic N) is 1. The summed E-state index contributed by atoms with van der Waals surface area (Å²) in [5.74, 6) is -1.15. The molecule has 0 bridgehead atoms. The highest BCUT2D eigenvalue weighted by Crippen LogP contribution is 2.25. The van der Waals surface area contributed by atoms with Crippen molar-refractivity contribution in [3.05, 3.63) is 35.9 Å². The van der Waals surface area contributed by atoms with Crippen LogP contribution in [0.25, 0.3) is 0 Å². The first-order valence-electron chi connectivity index (χ1n) is 6.70. The molecule has 0 aliphatic carbocycles. The number of carbonyl (C=O) groups excluding carboxylic acids is 1. The van der Waals surface area contributed by atoms with Crippen LogP contribution in [0.2, 0.25) is 0 Å². The molecule has 1 saturated heterocycles. The summed E-state index contributed by atoms with van der Waals surface area (Å²) in [6.45, 7) is 5.19. The molecule has 1 fully saturated rings. The maximum Gasteiger partial charge on any atom is 0.326 e. The van der Waals surface area contributed by atoms with E-state index >= 15 is 0 Å². The molecule has 0 aromatic heterocycles. The molecule has 0 radical (unpaired) electrons. The van der Waals surface area contributed by atoms with Crippen molar-refractivity contribution in [2.45, 2.75) is 44.9 Å². The molecule has 2 unspecified atom stereocenters. The molecule has 2 N–H and O–H groups in total. The third-order valence-electron chi connectivity index (χ3n) is 3.69. The minimum atomic E-state index is -0.992. The molecule has 1 aromatic carbocycles. The Kier molecular flexibility index (Phi) is 3.81. The molecule has 0 saturated carbocycles. The van der Waals surface area contributed by atoms with Gasteiger partial charge in [0.15, 0.2) is 0 Å². The normalized spacial score (nSPS) is 22.9. The Morgan fingerprint density at radius 1 is 1.40 bits per heavy atom. The average molecular weight is 276 g/mol. The fourth-order valence-electron chi connectivity index (χ4n) is 2.77. The number of hydrogen-bond donors (Lipinski definition) is 2. The lowest BCUT2D eigenvalue weighted by Crippen LogP contribution is -2.53. The van der Waals surface area contributed by atoms with Crippen LogP contribution in [0.1, 0.15) is 26.3 Å². The Balaban J connectivity index is 2.19. The van der Waals surface area contributed by atoms with Gasteiger partial charge in [-0.15, -0.1) is 0 Å². The maximum atomic E-state index is 12.5.